The summed E-state index contributed by atoms with van der Waals surface area (Å²) in [5.74, 6) is 1.80. The van der Waals surface area contributed by atoms with Crippen LogP contribution in [0.15, 0.2) is 52.1 Å². The summed E-state index contributed by atoms with van der Waals surface area (Å²) in [4.78, 5) is 16.0. The Morgan fingerprint density at radius 2 is 1.89 bits per heavy atom. The summed E-state index contributed by atoms with van der Waals surface area (Å²) < 4.78 is 5.18. The molecule has 1 aromatic carbocycles. The van der Waals surface area contributed by atoms with E-state index in [1.165, 1.54) is 11.1 Å². The maximum Gasteiger partial charge on any atom is 0.239 e. The molecular formula is C21H30N4O2. The SMILES string of the molecule is CN=C(NCCCc1ccc(C(C)C)cc1)NCC(=O)NCc1ccco1. The Labute approximate surface area is 161 Å². The summed E-state index contributed by atoms with van der Waals surface area (Å²) in [7, 11) is 1.70. The number of carbonyl (C=O) groups excluding carboxylic acids is 1. The second-order valence-corrected chi connectivity index (χ2v) is 6.71. The lowest BCUT2D eigenvalue weighted by Crippen LogP contribution is -2.43. The number of furan rings is 1. The molecule has 27 heavy (non-hydrogen) atoms. The molecule has 0 saturated heterocycles. The predicted octanol–water partition coefficient (Wildman–Crippen LogP) is 2.82. The molecule has 0 aliphatic rings. The van der Waals surface area contributed by atoms with Crippen LogP contribution in [-0.4, -0.2) is 32.0 Å². The van der Waals surface area contributed by atoms with Crippen LogP contribution in [0, 0.1) is 0 Å². The molecule has 0 atom stereocenters. The van der Waals surface area contributed by atoms with Gasteiger partial charge in [-0.15, -0.1) is 0 Å². The summed E-state index contributed by atoms with van der Waals surface area (Å²) >= 11 is 0. The number of hydrogen-bond acceptors (Lipinski definition) is 3. The van der Waals surface area contributed by atoms with Gasteiger partial charge in [0.2, 0.25) is 5.91 Å². The van der Waals surface area contributed by atoms with Crippen molar-refractivity contribution in [1.82, 2.24) is 16.0 Å². The van der Waals surface area contributed by atoms with Gasteiger partial charge in [-0.1, -0.05) is 38.1 Å². The Morgan fingerprint density at radius 1 is 1.11 bits per heavy atom. The average molecular weight is 370 g/mol. The number of aliphatic imine (C=N–C) groups is 1. The van der Waals surface area contributed by atoms with Gasteiger partial charge in [-0.05, 0) is 42.0 Å². The molecule has 1 aromatic heterocycles. The largest absolute Gasteiger partial charge is 0.467 e. The van der Waals surface area contributed by atoms with E-state index < -0.39 is 0 Å². The van der Waals surface area contributed by atoms with Crippen LogP contribution in [0.2, 0.25) is 0 Å². The molecule has 0 aliphatic carbocycles. The Hall–Kier alpha value is -2.76. The van der Waals surface area contributed by atoms with Crippen molar-refractivity contribution in [3.8, 4) is 0 Å². The smallest absolute Gasteiger partial charge is 0.239 e. The van der Waals surface area contributed by atoms with E-state index in [-0.39, 0.29) is 12.5 Å². The lowest BCUT2D eigenvalue weighted by Gasteiger charge is -2.12. The van der Waals surface area contributed by atoms with Crippen LogP contribution in [0.1, 0.15) is 43.1 Å². The number of carbonyl (C=O) groups is 1. The molecule has 6 heteroatoms. The topological polar surface area (TPSA) is 78.7 Å². The number of nitrogens with zero attached hydrogens (tertiary/aromatic N) is 1. The van der Waals surface area contributed by atoms with Crippen LogP contribution < -0.4 is 16.0 Å². The van der Waals surface area contributed by atoms with Crippen LogP contribution in [0.5, 0.6) is 0 Å². The van der Waals surface area contributed by atoms with Gasteiger partial charge in [0.05, 0.1) is 19.4 Å². The van der Waals surface area contributed by atoms with E-state index in [9.17, 15) is 4.79 Å². The zero-order chi connectivity index (χ0) is 19.5. The van der Waals surface area contributed by atoms with Crippen molar-refractivity contribution in [2.24, 2.45) is 4.99 Å². The van der Waals surface area contributed by atoms with Crippen molar-refractivity contribution >= 4 is 11.9 Å². The summed E-state index contributed by atoms with van der Waals surface area (Å²) in [6.07, 6.45) is 3.59. The molecule has 146 valence electrons. The summed E-state index contributed by atoms with van der Waals surface area (Å²) in [5, 5.41) is 9.04. The van der Waals surface area contributed by atoms with Crippen LogP contribution in [0.25, 0.3) is 0 Å². The number of guanidine groups is 1. The van der Waals surface area contributed by atoms with Crippen LogP contribution >= 0.6 is 0 Å². The van der Waals surface area contributed by atoms with E-state index in [0.29, 0.717) is 18.4 Å². The second-order valence-electron chi connectivity index (χ2n) is 6.71. The zero-order valence-electron chi connectivity index (χ0n) is 16.4. The van der Waals surface area contributed by atoms with Crippen LogP contribution in [0.4, 0.5) is 0 Å². The lowest BCUT2D eigenvalue weighted by molar-refractivity contribution is -0.120. The molecule has 2 aromatic rings. The van der Waals surface area contributed by atoms with Gasteiger partial charge >= 0.3 is 0 Å². The Bertz CT molecular complexity index is 706. The predicted molar refractivity (Wildman–Crippen MR) is 109 cm³/mol. The van der Waals surface area contributed by atoms with Gasteiger partial charge in [0, 0.05) is 13.6 Å². The summed E-state index contributed by atoms with van der Waals surface area (Å²) in [5.41, 5.74) is 2.70. The molecule has 0 aliphatic heterocycles. The fourth-order valence-electron chi connectivity index (χ4n) is 2.61. The van der Waals surface area contributed by atoms with Crippen molar-refractivity contribution < 1.29 is 9.21 Å². The van der Waals surface area contributed by atoms with Gasteiger partial charge in [-0.2, -0.15) is 0 Å². The number of rotatable bonds is 9. The molecule has 0 radical (unpaired) electrons. The molecular weight excluding hydrogens is 340 g/mol. The molecule has 0 fully saturated rings. The molecule has 1 heterocycles. The van der Waals surface area contributed by atoms with Gasteiger partial charge in [0.15, 0.2) is 5.96 Å². The van der Waals surface area contributed by atoms with Crippen molar-refractivity contribution in [3.05, 3.63) is 59.5 Å². The molecule has 0 spiro atoms. The molecule has 0 bridgehead atoms. The quantitative estimate of drug-likeness (QED) is 0.360. The minimum atomic E-state index is -0.111. The van der Waals surface area contributed by atoms with Gasteiger partial charge in [-0.3, -0.25) is 9.79 Å². The number of amides is 1. The molecule has 1 amide bonds. The van der Waals surface area contributed by atoms with E-state index in [4.69, 9.17) is 4.42 Å². The van der Waals surface area contributed by atoms with Gasteiger partial charge in [0.25, 0.3) is 0 Å². The average Bonchev–Trinajstić information content (AvgIpc) is 3.19. The summed E-state index contributed by atoms with van der Waals surface area (Å²) in [6.45, 7) is 5.75. The minimum absolute atomic E-state index is 0.111. The Morgan fingerprint density at radius 3 is 2.52 bits per heavy atom. The maximum absolute atomic E-state index is 11.9. The third kappa shape index (κ3) is 7.56. The van der Waals surface area contributed by atoms with E-state index in [0.717, 1.165) is 25.1 Å². The van der Waals surface area contributed by atoms with E-state index >= 15 is 0 Å². The van der Waals surface area contributed by atoms with Crippen molar-refractivity contribution in [2.75, 3.05) is 20.1 Å². The van der Waals surface area contributed by atoms with Gasteiger partial charge in [-0.25, -0.2) is 0 Å². The number of aryl methyl sites for hydroxylation is 1. The van der Waals surface area contributed by atoms with Crippen molar-refractivity contribution in [3.63, 3.8) is 0 Å². The number of hydrogen-bond donors (Lipinski definition) is 3. The van der Waals surface area contributed by atoms with Crippen molar-refractivity contribution in [1.29, 1.82) is 0 Å². The fourth-order valence-corrected chi connectivity index (χ4v) is 2.61. The first-order valence-electron chi connectivity index (χ1n) is 9.41. The molecule has 0 unspecified atom stereocenters. The molecule has 6 nitrogen and oxygen atoms in total. The van der Waals surface area contributed by atoms with Gasteiger partial charge in [0.1, 0.15) is 5.76 Å². The number of nitrogens with one attached hydrogen (secondary N) is 3. The van der Waals surface area contributed by atoms with E-state index in [1.807, 2.05) is 6.07 Å². The Kier molecular flexibility index (Phi) is 8.42. The molecule has 3 N–H and O–H groups in total. The van der Waals surface area contributed by atoms with E-state index in [2.05, 4.69) is 59.1 Å². The monoisotopic (exact) mass is 370 g/mol. The summed E-state index contributed by atoms with van der Waals surface area (Å²) in [6, 6.07) is 12.4. The second kappa shape index (κ2) is 11.1. The molecule has 0 saturated carbocycles. The minimum Gasteiger partial charge on any atom is -0.467 e. The third-order valence-corrected chi connectivity index (χ3v) is 4.26. The molecule has 2 rings (SSSR count). The first kappa shape index (κ1) is 20.6. The zero-order valence-corrected chi connectivity index (χ0v) is 16.4. The highest BCUT2D eigenvalue weighted by atomic mass is 16.3. The highest BCUT2D eigenvalue weighted by Gasteiger charge is 2.05. The lowest BCUT2D eigenvalue weighted by atomic mass is 10.0. The first-order valence-corrected chi connectivity index (χ1v) is 9.41. The van der Waals surface area contributed by atoms with Crippen molar-refractivity contribution in [2.45, 2.75) is 39.2 Å². The highest BCUT2D eigenvalue weighted by molar-refractivity contribution is 5.86. The number of benzene rings is 1. The highest BCUT2D eigenvalue weighted by Crippen LogP contribution is 2.15. The standard InChI is InChI=1S/C21H30N4O2/c1-16(2)18-10-8-17(9-11-18)6-4-12-23-21(22-3)25-15-20(26)24-14-19-7-5-13-27-19/h5,7-11,13,16H,4,6,12,14-15H2,1-3H3,(H,24,26)(H2,22,23,25). The van der Waals surface area contributed by atoms with Crippen LogP contribution in [-0.2, 0) is 17.8 Å². The first-order chi connectivity index (χ1) is 13.1. The maximum atomic E-state index is 11.9. The van der Waals surface area contributed by atoms with Gasteiger partial charge < -0.3 is 20.4 Å². The normalized spacial score (nSPS) is 11.5. The Balaban J connectivity index is 1.61. The van der Waals surface area contributed by atoms with E-state index in [1.54, 1.807) is 19.4 Å². The fraction of sp³-hybridized carbons (Fsp3) is 0.429. The van der Waals surface area contributed by atoms with Crippen LogP contribution in [0.3, 0.4) is 0 Å². The third-order valence-electron chi connectivity index (χ3n) is 4.26.